The monoisotopic (exact) mass is 437 g/mol. The van der Waals surface area contributed by atoms with Gasteiger partial charge in [-0.05, 0) is 37.5 Å². The van der Waals surface area contributed by atoms with E-state index in [0.717, 1.165) is 18.1 Å². The van der Waals surface area contributed by atoms with Crippen molar-refractivity contribution >= 4 is 33.0 Å². The van der Waals surface area contributed by atoms with Crippen LogP contribution in [0.5, 0.6) is 0 Å². The molecule has 3 rings (SSSR count). The molecule has 1 fully saturated rings. The molecule has 0 atom stereocenters. The van der Waals surface area contributed by atoms with E-state index in [0.29, 0.717) is 10.4 Å². The number of sulfonamides is 1. The lowest BCUT2D eigenvalue weighted by molar-refractivity contribution is -0.385. The Bertz CT molecular complexity index is 1050. The van der Waals surface area contributed by atoms with E-state index in [1.165, 1.54) is 32.7 Å². The zero-order valence-corrected chi connectivity index (χ0v) is 18.2. The van der Waals surface area contributed by atoms with Gasteiger partial charge in [-0.15, -0.1) is 11.3 Å². The van der Waals surface area contributed by atoms with Gasteiger partial charge in [0.25, 0.3) is 11.6 Å². The standard InChI is InChI=1S/C19H23N3O5S2/c1-4-16-14(3)11-17(28-16)19(23)20-7-9-21(10-8-20)29(26,27)18-12-15(22(24)25)6-5-13(18)2/h5-6,11-12H,4,7-10H2,1-3H3. The maximum atomic E-state index is 13.0. The largest absolute Gasteiger partial charge is 0.335 e. The number of nitro benzene ring substituents is 1. The number of non-ortho nitro benzene ring substituents is 1. The summed E-state index contributed by atoms with van der Waals surface area (Å²) in [4.78, 5) is 26.6. The number of benzene rings is 1. The number of aryl methyl sites for hydroxylation is 3. The highest BCUT2D eigenvalue weighted by atomic mass is 32.2. The number of amides is 1. The molecule has 1 saturated heterocycles. The molecule has 1 amide bonds. The Morgan fingerprint density at radius 1 is 1.14 bits per heavy atom. The Labute approximate surface area is 174 Å². The Kier molecular flexibility index (Phi) is 6.06. The Morgan fingerprint density at radius 2 is 1.79 bits per heavy atom. The van der Waals surface area contributed by atoms with Gasteiger partial charge in [0.15, 0.2) is 0 Å². The van der Waals surface area contributed by atoms with Gasteiger partial charge in [-0.3, -0.25) is 14.9 Å². The molecule has 10 heteroatoms. The number of hydrogen-bond donors (Lipinski definition) is 0. The molecule has 1 aromatic carbocycles. The molecule has 8 nitrogen and oxygen atoms in total. The highest BCUT2D eigenvalue weighted by Gasteiger charge is 2.32. The van der Waals surface area contributed by atoms with E-state index in [2.05, 4.69) is 0 Å². The average Bonchev–Trinajstić information content (AvgIpc) is 3.08. The van der Waals surface area contributed by atoms with Crippen molar-refractivity contribution < 1.29 is 18.1 Å². The summed E-state index contributed by atoms with van der Waals surface area (Å²) >= 11 is 1.48. The van der Waals surface area contributed by atoms with Crippen LogP contribution >= 0.6 is 11.3 Å². The molecule has 2 heterocycles. The minimum atomic E-state index is -3.88. The van der Waals surface area contributed by atoms with Crippen molar-refractivity contribution in [2.45, 2.75) is 32.1 Å². The first-order valence-corrected chi connectivity index (χ1v) is 11.5. The summed E-state index contributed by atoms with van der Waals surface area (Å²) in [6.07, 6.45) is 0.873. The smallest absolute Gasteiger partial charge is 0.270 e. The lowest BCUT2D eigenvalue weighted by Gasteiger charge is -2.34. The van der Waals surface area contributed by atoms with Gasteiger partial charge in [0.1, 0.15) is 0 Å². The lowest BCUT2D eigenvalue weighted by Crippen LogP contribution is -2.50. The van der Waals surface area contributed by atoms with E-state index in [9.17, 15) is 23.3 Å². The van der Waals surface area contributed by atoms with Gasteiger partial charge in [0.2, 0.25) is 10.0 Å². The molecule has 1 aliphatic heterocycles. The van der Waals surface area contributed by atoms with Crippen LogP contribution in [-0.4, -0.2) is 54.6 Å². The number of carbonyl (C=O) groups is 1. The van der Waals surface area contributed by atoms with Gasteiger partial charge < -0.3 is 4.90 Å². The molecule has 2 aromatic rings. The van der Waals surface area contributed by atoms with Gasteiger partial charge in [0.05, 0.1) is 14.7 Å². The fourth-order valence-corrected chi connectivity index (χ4v) is 6.13. The number of carbonyl (C=O) groups excluding carboxylic acids is 1. The summed E-state index contributed by atoms with van der Waals surface area (Å²) in [6, 6.07) is 5.72. The molecule has 0 aliphatic carbocycles. The summed E-state index contributed by atoms with van der Waals surface area (Å²) in [6.45, 7) is 6.52. The quantitative estimate of drug-likeness (QED) is 0.529. The van der Waals surface area contributed by atoms with Crippen LogP contribution in [0.2, 0.25) is 0 Å². The first-order valence-electron chi connectivity index (χ1n) is 9.29. The number of hydrogen-bond acceptors (Lipinski definition) is 6. The normalized spacial score (nSPS) is 15.5. The van der Waals surface area contributed by atoms with Crippen LogP contribution in [0.1, 0.15) is 32.6 Å². The van der Waals surface area contributed by atoms with Gasteiger partial charge in [0, 0.05) is 43.2 Å². The number of piperazine rings is 1. The summed E-state index contributed by atoms with van der Waals surface area (Å²) in [7, 11) is -3.88. The van der Waals surface area contributed by atoms with Crippen molar-refractivity contribution in [1.29, 1.82) is 0 Å². The molecule has 1 aromatic heterocycles. The molecule has 29 heavy (non-hydrogen) atoms. The van der Waals surface area contributed by atoms with Crippen LogP contribution in [-0.2, 0) is 16.4 Å². The second-order valence-corrected chi connectivity index (χ2v) is 10.0. The van der Waals surface area contributed by atoms with Crippen LogP contribution in [0.3, 0.4) is 0 Å². The van der Waals surface area contributed by atoms with Gasteiger partial charge in [-0.2, -0.15) is 4.31 Å². The second kappa shape index (κ2) is 8.21. The van der Waals surface area contributed by atoms with E-state index in [-0.39, 0.29) is 42.7 Å². The van der Waals surface area contributed by atoms with E-state index in [4.69, 9.17) is 0 Å². The third-order valence-electron chi connectivity index (χ3n) is 5.08. The lowest BCUT2D eigenvalue weighted by atomic mass is 10.2. The van der Waals surface area contributed by atoms with E-state index in [1.54, 1.807) is 11.8 Å². The highest BCUT2D eigenvalue weighted by Crippen LogP contribution is 2.27. The number of thiophene rings is 1. The Morgan fingerprint density at radius 3 is 2.34 bits per heavy atom. The van der Waals surface area contributed by atoms with Crippen LogP contribution in [0.25, 0.3) is 0 Å². The Hall–Kier alpha value is -2.30. The first kappa shape index (κ1) is 21.4. The maximum Gasteiger partial charge on any atom is 0.270 e. The van der Waals surface area contributed by atoms with Crippen LogP contribution in [0.15, 0.2) is 29.2 Å². The zero-order valence-electron chi connectivity index (χ0n) is 16.5. The van der Waals surface area contributed by atoms with E-state index >= 15 is 0 Å². The zero-order chi connectivity index (χ0) is 21.3. The number of nitrogens with zero attached hydrogens (tertiary/aromatic N) is 3. The van der Waals surface area contributed by atoms with Gasteiger partial charge in [-0.25, -0.2) is 8.42 Å². The fraction of sp³-hybridized carbons (Fsp3) is 0.421. The van der Waals surface area contributed by atoms with E-state index in [1.807, 2.05) is 19.9 Å². The van der Waals surface area contributed by atoms with Gasteiger partial charge in [-0.1, -0.05) is 13.0 Å². The molecule has 156 valence electrons. The summed E-state index contributed by atoms with van der Waals surface area (Å²) in [5.74, 6) is -0.0821. The third kappa shape index (κ3) is 4.19. The molecular formula is C19H23N3O5S2. The second-order valence-electron chi connectivity index (χ2n) is 6.97. The first-order chi connectivity index (χ1) is 13.6. The summed E-state index contributed by atoms with van der Waals surface area (Å²) in [5.41, 5.74) is 1.29. The van der Waals surface area contributed by atoms with Crippen molar-refractivity contribution in [3.8, 4) is 0 Å². The predicted molar refractivity (Wildman–Crippen MR) is 111 cm³/mol. The van der Waals surface area contributed by atoms with Crippen molar-refractivity contribution in [2.75, 3.05) is 26.2 Å². The topological polar surface area (TPSA) is 101 Å². The van der Waals surface area contributed by atoms with Crippen molar-refractivity contribution in [2.24, 2.45) is 0 Å². The minimum absolute atomic E-state index is 0.0621. The van der Waals surface area contributed by atoms with Crippen molar-refractivity contribution in [3.63, 3.8) is 0 Å². The molecule has 0 spiro atoms. The van der Waals surface area contributed by atoms with Gasteiger partial charge >= 0.3 is 0 Å². The Balaban J connectivity index is 1.75. The minimum Gasteiger partial charge on any atom is -0.335 e. The predicted octanol–water partition coefficient (Wildman–Crippen LogP) is 2.98. The van der Waals surface area contributed by atoms with Crippen molar-refractivity contribution in [3.05, 3.63) is 55.3 Å². The molecule has 0 radical (unpaired) electrons. The van der Waals surface area contributed by atoms with Crippen LogP contribution in [0, 0.1) is 24.0 Å². The summed E-state index contributed by atoms with van der Waals surface area (Å²) < 4.78 is 27.3. The average molecular weight is 438 g/mol. The van der Waals surface area contributed by atoms with E-state index < -0.39 is 14.9 Å². The third-order valence-corrected chi connectivity index (χ3v) is 8.49. The van der Waals surface area contributed by atoms with Crippen LogP contribution in [0.4, 0.5) is 5.69 Å². The molecule has 0 unspecified atom stereocenters. The van der Waals surface area contributed by atoms with Crippen molar-refractivity contribution in [1.82, 2.24) is 9.21 Å². The number of nitro groups is 1. The molecular weight excluding hydrogens is 414 g/mol. The molecule has 1 aliphatic rings. The van der Waals surface area contributed by atoms with Crippen LogP contribution < -0.4 is 0 Å². The number of rotatable bonds is 5. The molecule has 0 N–H and O–H groups in total. The summed E-state index contributed by atoms with van der Waals surface area (Å²) in [5, 5.41) is 11.0. The maximum absolute atomic E-state index is 13.0. The molecule has 0 saturated carbocycles. The fourth-order valence-electron chi connectivity index (χ4n) is 3.38. The highest BCUT2D eigenvalue weighted by molar-refractivity contribution is 7.89. The molecule has 0 bridgehead atoms. The SMILES string of the molecule is CCc1sc(C(=O)N2CCN(S(=O)(=O)c3cc([N+](=O)[O-])ccc3C)CC2)cc1C.